The van der Waals surface area contributed by atoms with Gasteiger partial charge in [-0.3, -0.25) is 9.59 Å². The molecule has 0 aliphatic carbocycles. The third-order valence-corrected chi connectivity index (χ3v) is 3.89. The Kier molecular flexibility index (Phi) is 9.80. The van der Waals surface area contributed by atoms with Gasteiger partial charge in [0.15, 0.2) is 0 Å². The summed E-state index contributed by atoms with van der Waals surface area (Å²) in [6.45, 7) is 4.99. The predicted octanol–water partition coefficient (Wildman–Crippen LogP) is 2.37. The predicted molar refractivity (Wildman–Crippen MR) is 106 cm³/mol. The summed E-state index contributed by atoms with van der Waals surface area (Å²) in [5.74, 6) is -3.17. The molecule has 9 heteroatoms. The standard InChI is InChI=1S/C21H29NO8/c1-21(2,3)30-20(26)22-16(11-15(18(24)28-5)12-17(23)27-4)19(25)29-13-14-9-7-6-8-10-14/h6-10,15-16H,11-13H2,1-5H3,(H,22,26). The number of hydrogen-bond acceptors (Lipinski definition) is 8. The molecule has 0 aromatic heterocycles. The molecule has 2 atom stereocenters. The lowest BCUT2D eigenvalue weighted by Crippen LogP contribution is -2.46. The number of ether oxygens (including phenoxy) is 4. The Morgan fingerprint density at radius 2 is 1.60 bits per heavy atom. The fourth-order valence-electron chi connectivity index (χ4n) is 2.49. The maximum absolute atomic E-state index is 12.7. The third kappa shape index (κ3) is 9.40. The lowest BCUT2D eigenvalue weighted by atomic mass is 9.96. The molecule has 1 aromatic carbocycles. The highest BCUT2D eigenvalue weighted by atomic mass is 16.6. The number of nitrogens with one attached hydrogen (secondary N) is 1. The number of methoxy groups -OCH3 is 2. The number of alkyl carbamates (subject to hydrolysis) is 1. The van der Waals surface area contributed by atoms with Crippen molar-refractivity contribution in [3.8, 4) is 0 Å². The summed E-state index contributed by atoms with van der Waals surface area (Å²) in [5.41, 5.74) is -0.0444. The van der Waals surface area contributed by atoms with Gasteiger partial charge in [0.25, 0.3) is 0 Å². The number of rotatable bonds is 9. The zero-order valence-corrected chi connectivity index (χ0v) is 17.9. The molecule has 0 bridgehead atoms. The summed E-state index contributed by atoms with van der Waals surface area (Å²) in [6.07, 6.45) is -1.40. The lowest BCUT2D eigenvalue weighted by molar-refractivity contribution is -0.154. The first-order chi connectivity index (χ1) is 14.1. The van der Waals surface area contributed by atoms with Crippen molar-refractivity contribution in [2.45, 2.75) is 51.9 Å². The molecule has 1 amide bonds. The number of carbonyl (C=O) groups excluding carboxylic acids is 4. The lowest BCUT2D eigenvalue weighted by Gasteiger charge is -2.24. The highest BCUT2D eigenvalue weighted by molar-refractivity contribution is 5.84. The van der Waals surface area contributed by atoms with Crippen LogP contribution in [0.4, 0.5) is 4.79 Å². The van der Waals surface area contributed by atoms with Crippen molar-refractivity contribution in [3.05, 3.63) is 35.9 Å². The van der Waals surface area contributed by atoms with E-state index in [9.17, 15) is 19.2 Å². The van der Waals surface area contributed by atoms with Gasteiger partial charge < -0.3 is 24.3 Å². The van der Waals surface area contributed by atoms with Gasteiger partial charge in [0.2, 0.25) is 0 Å². The second-order valence-electron chi connectivity index (χ2n) is 7.53. The number of carbonyl (C=O) groups is 4. The van der Waals surface area contributed by atoms with E-state index in [2.05, 4.69) is 10.1 Å². The zero-order valence-electron chi connectivity index (χ0n) is 17.9. The Balaban J connectivity index is 2.95. The molecular formula is C21H29NO8. The summed E-state index contributed by atoms with van der Waals surface area (Å²) in [5, 5.41) is 2.41. The first-order valence-electron chi connectivity index (χ1n) is 9.40. The molecule has 0 aliphatic heterocycles. The molecule has 1 rings (SSSR count). The minimum Gasteiger partial charge on any atom is -0.469 e. The Hall–Kier alpha value is -3.10. The van der Waals surface area contributed by atoms with Crippen LogP contribution in [-0.4, -0.2) is 49.9 Å². The van der Waals surface area contributed by atoms with E-state index in [-0.39, 0.29) is 19.4 Å². The molecule has 0 spiro atoms. The van der Waals surface area contributed by atoms with Gasteiger partial charge in [0, 0.05) is 0 Å². The molecule has 9 nitrogen and oxygen atoms in total. The number of amides is 1. The maximum atomic E-state index is 12.7. The molecule has 30 heavy (non-hydrogen) atoms. The second kappa shape index (κ2) is 11.8. The van der Waals surface area contributed by atoms with Crippen molar-refractivity contribution in [2.24, 2.45) is 5.92 Å². The Labute approximate surface area is 176 Å². The molecular weight excluding hydrogens is 394 g/mol. The largest absolute Gasteiger partial charge is 0.469 e. The van der Waals surface area contributed by atoms with E-state index in [0.717, 1.165) is 12.7 Å². The molecule has 1 N–H and O–H groups in total. The van der Waals surface area contributed by atoms with E-state index in [0.29, 0.717) is 0 Å². The first kappa shape index (κ1) is 24.9. The van der Waals surface area contributed by atoms with Crippen molar-refractivity contribution in [2.75, 3.05) is 14.2 Å². The number of hydrogen-bond donors (Lipinski definition) is 1. The van der Waals surface area contributed by atoms with E-state index >= 15 is 0 Å². The summed E-state index contributed by atoms with van der Waals surface area (Å²) in [7, 11) is 2.35. The van der Waals surface area contributed by atoms with Crippen LogP contribution in [0.15, 0.2) is 30.3 Å². The summed E-state index contributed by atoms with van der Waals surface area (Å²) in [4.78, 5) is 48.6. The normalized spacial score (nSPS) is 12.8. The fraction of sp³-hybridized carbons (Fsp3) is 0.524. The Bertz CT molecular complexity index is 726. The first-order valence-corrected chi connectivity index (χ1v) is 9.40. The van der Waals surface area contributed by atoms with Gasteiger partial charge in [-0.15, -0.1) is 0 Å². The number of benzene rings is 1. The van der Waals surface area contributed by atoms with Crippen LogP contribution in [0.5, 0.6) is 0 Å². The molecule has 0 aliphatic rings. The minimum atomic E-state index is -1.24. The Morgan fingerprint density at radius 3 is 2.13 bits per heavy atom. The average molecular weight is 423 g/mol. The van der Waals surface area contributed by atoms with Gasteiger partial charge in [0.1, 0.15) is 18.2 Å². The van der Waals surface area contributed by atoms with Crippen LogP contribution in [0.25, 0.3) is 0 Å². The molecule has 0 fully saturated rings. The van der Waals surface area contributed by atoms with E-state index in [1.54, 1.807) is 45.0 Å². The molecule has 0 heterocycles. The van der Waals surface area contributed by atoms with Crippen molar-refractivity contribution in [1.29, 1.82) is 0 Å². The van der Waals surface area contributed by atoms with Crippen LogP contribution in [0, 0.1) is 5.92 Å². The van der Waals surface area contributed by atoms with Gasteiger partial charge in [0.05, 0.1) is 26.6 Å². The topological polar surface area (TPSA) is 117 Å². The maximum Gasteiger partial charge on any atom is 0.408 e. The van der Waals surface area contributed by atoms with Gasteiger partial charge in [-0.25, -0.2) is 9.59 Å². The van der Waals surface area contributed by atoms with Crippen LogP contribution in [-0.2, 0) is 39.9 Å². The summed E-state index contributed by atoms with van der Waals surface area (Å²) >= 11 is 0. The average Bonchev–Trinajstić information content (AvgIpc) is 2.69. The van der Waals surface area contributed by atoms with Crippen LogP contribution in [0.3, 0.4) is 0 Å². The van der Waals surface area contributed by atoms with Crippen LogP contribution >= 0.6 is 0 Å². The smallest absolute Gasteiger partial charge is 0.408 e. The van der Waals surface area contributed by atoms with Crippen LogP contribution in [0.1, 0.15) is 39.2 Å². The third-order valence-electron chi connectivity index (χ3n) is 3.89. The molecule has 166 valence electrons. The quantitative estimate of drug-likeness (QED) is 0.475. The molecule has 0 saturated carbocycles. The monoisotopic (exact) mass is 423 g/mol. The summed E-state index contributed by atoms with van der Waals surface area (Å²) < 4.78 is 19.8. The van der Waals surface area contributed by atoms with Gasteiger partial charge in [-0.2, -0.15) is 0 Å². The van der Waals surface area contributed by atoms with Crippen LogP contribution < -0.4 is 5.32 Å². The van der Waals surface area contributed by atoms with Gasteiger partial charge in [-0.05, 0) is 32.8 Å². The van der Waals surface area contributed by atoms with Crippen molar-refractivity contribution < 1.29 is 38.1 Å². The van der Waals surface area contributed by atoms with Gasteiger partial charge >= 0.3 is 24.0 Å². The van der Waals surface area contributed by atoms with Crippen LogP contribution in [0.2, 0.25) is 0 Å². The van der Waals surface area contributed by atoms with E-state index < -0.39 is 41.6 Å². The highest BCUT2D eigenvalue weighted by Crippen LogP contribution is 2.17. The van der Waals surface area contributed by atoms with E-state index in [4.69, 9.17) is 14.2 Å². The molecule has 2 unspecified atom stereocenters. The molecule has 0 radical (unpaired) electrons. The van der Waals surface area contributed by atoms with E-state index in [1.165, 1.54) is 7.11 Å². The second-order valence-corrected chi connectivity index (χ2v) is 7.53. The minimum absolute atomic E-state index is 0.0218. The SMILES string of the molecule is COC(=O)CC(CC(NC(=O)OC(C)(C)C)C(=O)OCc1ccccc1)C(=O)OC. The fourth-order valence-corrected chi connectivity index (χ4v) is 2.49. The van der Waals surface area contributed by atoms with Crippen molar-refractivity contribution in [3.63, 3.8) is 0 Å². The molecule has 0 saturated heterocycles. The van der Waals surface area contributed by atoms with Crippen molar-refractivity contribution >= 4 is 24.0 Å². The number of esters is 3. The Morgan fingerprint density at radius 1 is 0.967 bits per heavy atom. The van der Waals surface area contributed by atoms with Crippen molar-refractivity contribution in [1.82, 2.24) is 5.32 Å². The van der Waals surface area contributed by atoms with Gasteiger partial charge in [-0.1, -0.05) is 30.3 Å². The highest BCUT2D eigenvalue weighted by Gasteiger charge is 2.33. The zero-order chi connectivity index (χ0) is 22.7. The summed E-state index contributed by atoms with van der Waals surface area (Å²) in [6, 6.07) is 7.73. The molecule has 1 aromatic rings. The van der Waals surface area contributed by atoms with E-state index in [1.807, 2.05) is 6.07 Å².